The van der Waals surface area contributed by atoms with Gasteiger partial charge in [0, 0.05) is 35.2 Å². The molecular formula is C17H23BrClN3. The summed E-state index contributed by atoms with van der Waals surface area (Å²) in [5.74, 6) is 0.619. The van der Waals surface area contributed by atoms with Gasteiger partial charge in [-0.3, -0.25) is 9.88 Å². The van der Waals surface area contributed by atoms with Crippen LogP contribution >= 0.6 is 28.3 Å². The lowest BCUT2D eigenvalue weighted by molar-refractivity contribution is 0.155. The molecule has 0 radical (unpaired) electrons. The second kappa shape index (κ2) is 7.73. The Morgan fingerprint density at radius 3 is 3.00 bits per heavy atom. The maximum Gasteiger partial charge on any atom is 0.0758 e. The number of hydrogen-bond donors (Lipinski definition) is 1. The third-order valence-corrected chi connectivity index (χ3v) is 5.17. The van der Waals surface area contributed by atoms with Crippen LogP contribution in [0.15, 0.2) is 34.9 Å². The number of rotatable bonds is 3. The Morgan fingerprint density at radius 1 is 1.41 bits per heavy atom. The van der Waals surface area contributed by atoms with Crippen molar-refractivity contribution < 1.29 is 0 Å². The van der Waals surface area contributed by atoms with Crippen molar-refractivity contribution in [2.45, 2.75) is 32.4 Å². The second-order valence-corrected chi connectivity index (χ2v) is 6.96. The lowest BCUT2D eigenvalue weighted by Crippen LogP contribution is -2.41. The van der Waals surface area contributed by atoms with E-state index in [2.05, 4.69) is 50.9 Å². The summed E-state index contributed by atoms with van der Waals surface area (Å²) < 4.78 is 1.11. The van der Waals surface area contributed by atoms with Crippen LogP contribution in [0.4, 0.5) is 0 Å². The molecule has 1 aliphatic rings. The molecule has 1 aromatic heterocycles. The molecule has 0 aliphatic carbocycles. The summed E-state index contributed by atoms with van der Waals surface area (Å²) in [5, 5.41) is 1.19. The van der Waals surface area contributed by atoms with Crippen LogP contribution in [0.3, 0.4) is 0 Å². The van der Waals surface area contributed by atoms with Crippen LogP contribution in [0.5, 0.6) is 0 Å². The van der Waals surface area contributed by atoms with Gasteiger partial charge >= 0.3 is 0 Å². The monoisotopic (exact) mass is 383 g/mol. The smallest absolute Gasteiger partial charge is 0.0758 e. The van der Waals surface area contributed by atoms with Crippen LogP contribution in [0.2, 0.25) is 0 Å². The third kappa shape index (κ3) is 3.80. The van der Waals surface area contributed by atoms with E-state index in [9.17, 15) is 0 Å². The van der Waals surface area contributed by atoms with Crippen molar-refractivity contribution in [2.24, 2.45) is 11.7 Å². The number of piperidine rings is 1. The minimum absolute atomic E-state index is 0. The maximum atomic E-state index is 6.09. The molecule has 0 bridgehead atoms. The predicted molar refractivity (Wildman–Crippen MR) is 98.3 cm³/mol. The largest absolute Gasteiger partial charge is 0.328 e. The molecule has 1 aromatic carbocycles. The fourth-order valence-corrected chi connectivity index (χ4v) is 3.68. The number of fused-ring (bicyclic) bond motifs is 1. The van der Waals surface area contributed by atoms with Crippen LogP contribution in [-0.2, 0) is 6.54 Å². The van der Waals surface area contributed by atoms with Gasteiger partial charge < -0.3 is 5.73 Å². The van der Waals surface area contributed by atoms with Crippen LogP contribution in [0, 0.1) is 5.92 Å². The summed E-state index contributed by atoms with van der Waals surface area (Å²) >= 11 is 3.61. The Morgan fingerprint density at radius 2 is 2.23 bits per heavy atom. The highest BCUT2D eigenvalue weighted by atomic mass is 79.9. The number of pyridine rings is 1. The highest BCUT2D eigenvalue weighted by Gasteiger charge is 2.23. The Bertz CT molecular complexity index is 632. The molecule has 2 atom stereocenters. The molecule has 0 spiro atoms. The number of likely N-dealkylation sites (tertiary alicyclic amines) is 1. The zero-order valence-electron chi connectivity index (χ0n) is 12.8. The summed E-state index contributed by atoms with van der Waals surface area (Å²) in [6.07, 6.45) is 4.38. The van der Waals surface area contributed by atoms with Crippen molar-refractivity contribution in [3.05, 3.63) is 40.5 Å². The van der Waals surface area contributed by atoms with Crippen molar-refractivity contribution in [1.82, 2.24) is 9.88 Å². The van der Waals surface area contributed by atoms with E-state index >= 15 is 0 Å². The van der Waals surface area contributed by atoms with Crippen molar-refractivity contribution in [2.75, 3.05) is 13.1 Å². The van der Waals surface area contributed by atoms with Gasteiger partial charge in [0.05, 0.1) is 5.52 Å². The summed E-state index contributed by atoms with van der Waals surface area (Å²) in [4.78, 5) is 7.10. The first-order valence-corrected chi connectivity index (χ1v) is 8.44. The molecule has 2 N–H and O–H groups in total. The standard InChI is InChI=1S/C17H22BrN3.ClH/c1-12(19)13-4-3-9-21(10-13)11-14-6-7-16(18)15-5-2-8-20-17(14)15;/h2,5-8,12-13H,3-4,9-11,19H2,1H3;1H. The average Bonchev–Trinajstić information content (AvgIpc) is 2.51. The SMILES string of the molecule is CC(N)C1CCCN(Cc2ccc(Br)c3cccnc23)C1.Cl. The van der Waals surface area contributed by atoms with E-state index in [1.807, 2.05) is 12.3 Å². The highest BCUT2D eigenvalue weighted by molar-refractivity contribution is 9.10. The first-order chi connectivity index (χ1) is 10.1. The summed E-state index contributed by atoms with van der Waals surface area (Å²) in [6, 6.07) is 8.72. The molecular weight excluding hydrogens is 362 g/mol. The Kier molecular flexibility index (Phi) is 6.21. The molecule has 3 nitrogen and oxygen atoms in total. The van der Waals surface area contributed by atoms with Gasteiger partial charge in [0.1, 0.15) is 0 Å². The minimum Gasteiger partial charge on any atom is -0.328 e. The molecule has 3 rings (SSSR count). The molecule has 120 valence electrons. The summed E-state index contributed by atoms with van der Waals surface area (Å²) in [7, 11) is 0. The van der Waals surface area contributed by atoms with Crippen molar-refractivity contribution in [3.8, 4) is 0 Å². The van der Waals surface area contributed by atoms with E-state index in [-0.39, 0.29) is 18.4 Å². The zero-order chi connectivity index (χ0) is 14.8. The van der Waals surface area contributed by atoms with E-state index in [4.69, 9.17) is 5.73 Å². The van der Waals surface area contributed by atoms with Gasteiger partial charge in [-0.15, -0.1) is 12.4 Å². The van der Waals surface area contributed by atoms with E-state index < -0.39 is 0 Å². The molecule has 22 heavy (non-hydrogen) atoms. The fraction of sp³-hybridized carbons (Fsp3) is 0.471. The van der Waals surface area contributed by atoms with E-state index in [0.29, 0.717) is 5.92 Å². The number of hydrogen-bond acceptors (Lipinski definition) is 3. The third-order valence-electron chi connectivity index (χ3n) is 4.48. The Hall–Kier alpha value is -0.680. The van der Waals surface area contributed by atoms with Crippen LogP contribution in [-0.4, -0.2) is 29.0 Å². The maximum absolute atomic E-state index is 6.09. The quantitative estimate of drug-likeness (QED) is 0.870. The number of halogens is 2. The van der Waals surface area contributed by atoms with Gasteiger partial charge in [-0.05, 0) is 49.9 Å². The van der Waals surface area contributed by atoms with E-state index in [1.165, 1.54) is 23.8 Å². The summed E-state index contributed by atoms with van der Waals surface area (Å²) in [6.45, 7) is 5.35. The molecule has 5 heteroatoms. The number of benzene rings is 1. The lowest BCUT2D eigenvalue weighted by Gasteiger charge is -2.34. The first kappa shape index (κ1) is 17.7. The average molecular weight is 385 g/mol. The molecule has 2 aromatic rings. The van der Waals surface area contributed by atoms with E-state index in [1.54, 1.807) is 0 Å². The zero-order valence-corrected chi connectivity index (χ0v) is 15.2. The minimum atomic E-state index is 0. The van der Waals surface area contributed by atoms with Gasteiger partial charge in [0.15, 0.2) is 0 Å². The first-order valence-electron chi connectivity index (χ1n) is 7.65. The number of aromatic nitrogens is 1. The van der Waals surface area contributed by atoms with Gasteiger partial charge in [-0.2, -0.15) is 0 Å². The molecule has 2 heterocycles. The van der Waals surface area contributed by atoms with Gasteiger partial charge in [-0.25, -0.2) is 0 Å². The Balaban J connectivity index is 0.00000176. The second-order valence-electron chi connectivity index (χ2n) is 6.10. The van der Waals surface area contributed by atoms with Crippen molar-refractivity contribution >= 4 is 39.2 Å². The number of nitrogens with zero attached hydrogens (tertiary/aromatic N) is 2. The Labute approximate surface area is 146 Å². The molecule has 2 unspecified atom stereocenters. The van der Waals surface area contributed by atoms with Gasteiger partial charge in [0.25, 0.3) is 0 Å². The molecule has 0 saturated carbocycles. The molecule has 1 fully saturated rings. The topological polar surface area (TPSA) is 42.1 Å². The van der Waals surface area contributed by atoms with Crippen LogP contribution < -0.4 is 5.73 Å². The summed E-state index contributed by atoms with van der Waals surface area (Å²) in [5.41, 5.74) is 8.50. The van der Waals surface area contributed by atoms with Gasteiger partial charge in [0.2, 0.25) is 0 Å². The molecule has 0 amide bonds. The highest BCUT2D eigenvalue weighted by Crippen LogP contribution is 2.27. The number of nitrogens with two attached hydrogens (primary N) is 1. The lowest BCUT2D eigenvalue weighted by atomic mass is 9.92. The molecule has 1 saturated heterocycles. The van der Waals surface area contributed by atoms with Crippen molar-refractivity contribution in [1.29, 1.82) is 0 Å². The fourth-order valence-electron chi connectivity index (χ4n) is 3.23. The van der Waals surface area contributed by atoms with Crippen LogP contribution in [0.1, 0.15) is 25.3 Å². The van der Waals surface area contributed by atoms with Gasteiger partial charge in [-0.1, -0.05) is 28.1 Å². The normalized spacial score (nSPS) is 20.6. The van der Waals surface area contributed by atoms with E-state index in [0.717, 1.165) is 29.6 Å². The predicted octanol–water partition coefficient (Wildman–Crippen LogP) is 3.98. The molecule has 1 aliphatic heterocycles. The van der Waals surface area contributed by atoms with Crippen LogP contribution in [0.25, 0.3) is 10.9 Å². The van der Waals surface area contributed by atoms with Crippen molar-refractivity contribution in [3.63, 3.8) is 0 Å².